The van der Waals surface area contributed by atoms with Crippen molar-refractivity contribution in [3.05, 3.63) is 29.7 Å². The van der Waals surface area contributed by atoms with Crippen LogP contribution in [0.3, 0.4) is 0 Å². The van der Waals surface area contributed by atoms with Gasteiger partial charge >= 0.3 is 0 Å². The second-order valence-corrected chi connectivity index (χ2v) is 3.56. The fourth-order valence-electron chi connectivity index (χ4n) is 1.00. The van der Waals surface area contributed by atoms with Gasteiger partial charge in [-0.05, 0) is 0 Å². The molecule has 0 unspecified atom stereocenters. The highest BCUT2D eigenvalue weighted by atomic mass is 32.1. The molecule has 0 atom stereocenters. The van der Waals surface area contributed by atoms with Crippen LogP contribution in [-0.2, 0) is 5.75 Å². The number of thiol groups is 1. The largest absolute Gasteiger partial charge is 0.256 e. The third-order valence-electron chi connectivity index (χ3n) is 1.56. The Labute approximate surface area is 85.3 Å². The number of rotatable bonds is 2. The van der Waals surface area contributed by atoms with Crippen molar-refractivity contribution >= 4 is 24.0 Å². The number of hydrogen-bond acceptors (Lipinski definition) is 5. The van der Waals surface area contributed by atoms with Gasteiger partial charge in [0.1, 0.15) is 10.7 Å². The first kappa shape index (κ1) is 8.65. The molecule has 0 N–H and O–H groups in total. The molecule has 0 radical (unpaired) electrons. The van der Waals surface area contributed by atoms with Crippen molar-refractivity contribution in [3.63, 3.8) is 0 Å². The van der Waals surface area contributed by atoms with Gasteiger partial charge in [-0.15, -0.1) is 11.3 Å². The van der Waals surface area contributed by atoms with Gasteiger partial charge < -0.3 is 0 Å². The third kappa shape index (κ3) is 1.71. The first-order valence-electron chi connectivity index (χ1n) is 3.72. The lowest BCUT2D eigenvalue weighted by atomic mass is 10.3. The van der Waals surface area contributed by atoms with Crippen LogP contribution in [0.2, 0.25) is 0 Å². The normalized spacial score (nSPS) is 10.2. The number of nitrogens with zero attached hydrogens (tertiary/aromatic N) is 3. The van der Waals surface area contributed by atoms with Gasteiger partial charge in [0.05, 0.1) is 5.69 Å². The fourth-order valence-corrected chi connectivity index (χ4v) is 1.89. The molecule has 0 fully saturated rings. The number of aromatic nitrogens is 3. The van der Waals surface area contributed by atoms with E-state index in [0.29, 0.717) is 5.75 Å². The molecule has 0 aromatic carbocycles. The molecule has 2 rings (SSSR count). The van der Waals surface area contributed by atoms with Crippen LogP contribution in [0.25, 0.3) is 10.7 Å². The standard InChI is InChI=1S/C8H7N3S2/c12-5-6-7(10-2-1-9-6)8-11-3-4-13-8/h1-4,12H,5H2. The number of thiazole rings is 1. The van der Waals surface area contributed by atoms with Gasteiger partial charge in [0, 0.05) is 29.7 Å². The Bertz CT molecular complexity index is 386. The highest BCUT2D eigenvalue weighted by Crippen LogP contribution is 2.22. The summed E-state index contributed by atoms with van der Waals surface area (Å²) in [6, 6.07) is 0. The molecule has 5 heteroatoms. The Kier molecular flexibility index (Phi) is 2.56. The van der Waals surface area contributed by atoms with Crippen LogP contribution in [-0.4, -0.2) is 15.0 Å². The SMILES string of the molecule is SCc1nccnc1-c1nccs1. The van der Waals surface area contributed by atoms with E-state index in [9.17, 15) is 0 Å². The summed E-state index contributed by atoms with van der Waals surface area (Å²) in [5, 5.41) is 2.82. The highest BCUT2D eigenvalue weighted by Gasteiger charge is 2.07. The van der Waals surface area contributed by atoms with Crippen molar-refractivity contribution in [2.45, 2.75) is 5.75 Å². The van der Waals surface area contributed by atoms with E-state index in [1.807, 2.05) is 5.38 Å². The molecule has 0 spiro atoms. The molecule has 0 bridgehead atoms. The average Bonchev–Trinajstić information content (AvgIpc) is 2.70. The smallest absolute Gasteiger partial charge is 0.143 e. The summed E-state index contributed by atoms with van der Waals surface area (Å²) in [7, 11) is 0. The van der Waals surface area contributed by atoms with E-state index in [0.717, 1.165) is 16.4 Å². The van der Waals surface area contributed by atoms with Gasteiger partial charge in [-0.25, -0.2) is 4.98 Å². The van der Waals surface area contributed by atoms with Gasteiger partial charge in [-0.3, -0.25) is 9.97 Å². The zero-order valence-corrected chi connectivity index (χ0v) is 8.42. The van der Waals surface area contributed by atoms with Crippen molar-refractivity contribution < 1.29 is 0 Å². The second-order valence-electron chi connectivity index (χ2n) is 2.35. The molecule has 66 valence electrons. The molecule has 0 saturated heterocycles. The second kappa shape index (κ2) is 3.85. The Morgan fingerprint density at radius 2 is 2.00 bits per heavy atom. The summed E-state index contributed by atoms with van der Waals surface area (Å²) in [5.74, 6) is 0.586. The summed E-state index contributed by atoms with van der Waals surface area (Å²) >= 11 is 5.74. The van der Waals surface area contributed by atoms with Gasteiger partial charge in [0.15, 0.2) is 0 Å². The van der Waals surface area contributed by atoms with Crippen molar-refractivity contribution in [1.29, 1.82) is 0 Å². The minimum absolute atomic E-state index is 0.586. The summed E-state index contributed by atoms with van der Waals surface area (Å²) in [6.45, 7) is 0. The molecular formula is C8H7N3S2. The predicted molar refractivity (Wildman–Crippen MR) is 55.8 cm³/mol. The Morgan fingerprint density at radius 1 is 1.15 bits per heavy atom. The Hall–Kier alpha value is -0.940. The summed E-state index contributed by atoms with van der Waals surface area (Å²) in [4.78, 5) is 12.6. The van der Waals surface area contributed by atoms with Gasteiger partial charge in [0.2, 0.25) is 0 Å². The van der Waals surface area contributed by atoms with Crippen LogP contribution in [0.4, 0.5) is 0 Å². The monoisotopic (exact) mass is 209 g/mol. The molecule has 0 saturated carbocycles. The van der Waals surface area contributed by atoms with E-state index in [-0.39, 0.29) is 0 Å². The topological polar surface area (TPSA) is 38.7 Å². The average molecular weight is 209 g/mol. The van der Waals surface area contributed by atoms with E-state index in [1.165, 1.54) is 0 Å². The first-order chi connectivity index (χ1) is 6.42. The van der Waals surface area contributed by atoms with Crippen molar-refractivity contribution in [1.82, 2.24) is 15.0 Å². The zero-order valence-electron chi connectivity index (χ0n) is 6.71. The lowest BCUT2D eigenvalue weighted by Crippen LogP contribution is -1.92. The maximum atomic E-state index is 4.23. The fraction of sp³-hybridized carbons (Fsp3) is 0.125. The third-order valence-corrected chi connectivity index (χ3v) is 2.64. The first-order valence-corrected chi connectivity index (χ1v) is 5.23. The lowest BCUT2D eigenvalue weighted by Gasteiger charge is -2.00. The summed E-state index contributed by atoms with van der Waals surface area (Å²) < 4.78 is 0. The molecular weight excluding hydrogens is 202 g/mol. The molecule has 0 aliphatic heterocycles. The maximum absolute atomic E-state index is 4.23. The van der Waals surface area contributed by atoms with E-state index in [4.69, 9.17) is 0 Å². The van der Waals surface area contributed by atoms with Crippen molar-refractivity contribution in [3.8, 4) is 10.7 Å². The molecule has 0 aliphatic carbocycles. The molecule has 0 amide bonds. The molecule has 2 heterocycles. The molecule has 2 aromatic rings. The molecule has 13 heavy (non-hydrogen) atoms. The van der Waals surface area contributed by atoms with Crippen molar-refractivity contribution in [2.75, 3.05) is 0 Å². The minimum atomic E-state index is 0.586. The van der Waals surface area contributed by atoms with E-state index in [2.05, 4.69) is 27.6 Å². The van der Waals surface area contributed by atoms with E-state index in [1.54, 1.807) is 29.9 Å². The van der Waals surface area contributed by atoms with Gasteiger partial charge in [0.25, 0.3) is 0 Å². The van der Waals surface area contributed by atoms with Crippen LogP contribution in [0, 0.1) is 0 Å². The van der Waals surface area contributed by atoms with Crippen LogP contribution in [0.5, 0.6) is 0 Å². The minimum Gasteiger partial charge on any atom is -0.256 e. The Morgan fingerprint density at radius 3 is 2.69 bits per heavy atom. The van der Waals surface area contributed by atoms with Crippen LogP contribution in [0.1, 0.15) is 5.69 Å². The predicted octanol–water partition coefficient (Wildman–Crippen LogP) is 2.03. The van der Waals surface area contributed by atoms with Crippen LogP contribution < -0.4 is 0 Å². The number of hydrogen-bond donors (Lipinski definition) is 1. The maximum Gasteiger partial charge on any atom is 0.143 e. The highest BCUT2D eigenvalue weighted by molar-refractivity contribution is 7.79. The van der Waals surface area contributed by atoms with Gasteiger partial charge in [-0.2, -0.15) is 12.6 Å². The van der Waals surface area contributed by atoms with Crippen LogP contribution >= 0.6 is 24.0 Å². The van der Waals surface area contributed by atoms with E-state index >= 15 is 0 Å². The summed E-state index contributed by atoms with van der Waals surface area (Å²) in [6.07, 6.45) is 5.10. The quantitative estimate of drug-likeness (QED) is 0.769. The summed E-state index contributed by atoms with van der Waals surface area (Å²) in [5.41, 5.74) is 1.72. The molecule has 2 aromatic heterocycles. The van der Waals surface area contributed by atoms with Crippen LogP contribution in [0.15, 0.2) is 24.0 Å². The zero-order chi connectivity index (χ0) is 9.10. The molecule has 0 aliphatic rings. The van der Waals surface area contributed by atoms with E-state index < -0.39 is 0 Å². The Balaban J connectivity index is 2.51. The molecule has 3 nitrogen and oxygen atoms in total. The van der Waals surface area contributed by atoms with Crippen molar-refractivity contribution in [2.24, 2.45) is 0 Å². The lowest BCUT2D eigenvalue weighted by molar-refractivity contribution is 1.10. The van der Waals surface area contributed by atoms with Gasteiger partial charge in [-0.1, -0.05) is 0 Å².